The van der Waals surface area contributed by atoms with Gasteiger partial charge in [0.15, 0.2) is 9.84 Å². The summed E-state index contributed by atoms with van der Waals surface area (Å²) in [5, 5.41) is 2.87. The summed E-state index contributed by atoms with van der Waals surface area (Å²) in [4.78, 5) is 12.1. The summed E-state index contributed by atoms with van der Waals surface area (Å²) in [5.41, 5.74) is 1.85. The molecule has 1 atom stereocenters. The SMILES string of the molecule is CC(C)c1ccccc1NC(=O)[C@@H]1CCS(=O)(=O)C1. The molecule has 19 heavy (non-hydrogen) atoms. The minimum Gasteiger partial charge on any atom is -0.326 e. The van der Waals surface area contributed by atoms with Crippen LogP contribution in [0, 0.1) is 5.92 Å². The summed E-state index contributed by atoms with van der Waals surface area (Å²) in [6.07, 6.45) is 0.429. The second kappa shape index (κ2) is 5.33. The van der Waals surface area contributed by atoms with Crippen molar-refractivity contribution < 1.29 is 13.2 Å². The fourth-order valence-electron chi connectivity index (χ4n) is 2.35. The molecule has 1 saturated heterocycles. The first-order valence-electron chi connectivity index (χ1n) is 6.49. The van der Waals surface area contributed by atoms with E-state index in [0.717, 1.165) is 11.3 Å². The summed E-state index contributed by atoms with van der Waals surface area (Å²) in [6.45, 7) is 4.12. The Bertz CT molecular complexity index is 578. The van der Waals surface area contributed by atoms with Gasteiger partial charge in [-0.25, -0.2) is 8.42 Å². The van der Waals surface area contributed by atoms with E-state index in [1.54, 1.807) is 0 Å². The number of nitrogens with one attached hydrogen (secondary N) is 1. The van der Waals surface area contributed by atoms with Crippen LogP contribution in [0.5, 0.6) is 0 Å². The molecule has 1 aromatic carbocycles. The van der Waals surface area contributed by atoms with Gasteiger partial charge in [-0.1, -0.05) is 32.0 Å². The van der Waals surface area contributed by atoms with Gasteiger partial charge in [0.1, 0.15) is 0 Å². The molecule has 0 spiro atoms. The smallest absolute Gasteiger partial charge is 0.228 e. The van der Waals surface area contributed by atoms with Gasteiger partial charge < -0.3 is 5.32 Å². The Kier molecular flexibility index (Phi) is 3.94. The molecule has 4 nitrogen and oxygen atoms in total. The molecule has 0 radical (unpaired) electrons. The maximum absolute atomic E-state index is 12.1. The van der Waals surface area contributed by atoms with Crippen molar-refractivity contribution >= 4 is 21.4 Å². The summed E-state index contributed by atoms with van der Waals surface area (Å²) >= 11 is 0. The largest absolute Gasteiger partial charge is 0.326 e. The number of anilines is 1. The monoisotopic (exact) mass is 281 g/mol. The maximum atomic E-state index is 12.1. The van der Waals surface area contributed by atoms with Gasteiger partial charge in [-0.3, -0.25) is 4.79 Å². The second-order valence-electron chi connectivity index (χ2n) is 5.33. The highest BCUT2D eigenvalue weighted by molar-refractivity contribution is 7.91. The molecule has 1 heterocycles. The Morgan fingerprint density at radius 2 is 2.00 bits per heavy atom. The number of hydrogen-bond donors (Lipinski definition) is 1. The van der Waals surface area contributed by atoms with E-state index in [0.29, 0.717) is 12.3 Å². The molecule has 5 heteroatoms. The fraction of sp³-hybridized carbons (Fsp3) is 0.500. The van der Waals surface area contributed by atoms with Crippen LogP contribution in [-0.4, -0.2) is 25.8 Å². The van der Waals surface area contributed by atoms with Crippen molar-refractivity contribution in [2.75, 3.05) is 16.8 Å². The van der Waals surface area contributed by atoms with Gasteiger partial charge in [-0.15, -0.1) is 0 Å². The third kappa shape index (κ3) is 3.35. The van der Waals surface area contributed by atoms with E-state index >= 15 is 0 Å². The lowest BCUT2D eigenvalue weighted by atomic mass is 10.0. The van der Waals surface area contributed by atoms with Crippen LogP contribution in [0.2, 0.25) is 0 Å². The number of carbonyl (C=O) groups excluding carboxylic acids is 1. The van der Waals surface area contributed by atoms with Gasteiger partial charge in [0, 0.05) is 5.69 Å². The molecule has 0 saturated carbocycles. The molecule has 1 N–H and O–H groups in total. The van der Waals surface area contributed by atoms with E-state index < -0.39 is 15.8 Å². The standard InChI is InChI=1S/C14H19NO3S/c1-10(2)12-5-3-4-6-13(12)15-14(16)11-7-8-19(17,18)9-11/h3-6,10-11H,7-9H2,1-2H3,(H,15,16)/t11-/m1/s1. The molecule has 1 fully saturated rings. The van der Waals surface area contributed by atoms with Crippen molar-refractivity contribution in [1.82, 2.24) is 0 Å². The predicted octanol–water partition coefficient (Wildman–Crippen LogP) is 2.18. The number of hydrogen-bond acceptors (Lipinski definition) is 3. The predicted molar refractivity (Wildman–Crippen MR) is 75.9 cm³/mol. The quantitative estimate of drug-likeness (QED) is 0.923. The Hall–Kier alpha value is -1.36. The molecule has 104 valence electrons. The van der Waals surface area contributed by atoms with Crippen molar-refractivity contribution in [3.05, 3.63) is 29.8 Å². The Labute approximate surface area is 114 Å². The second-order valence-corrected chi connectivity index (χ2v) is 7.56. The number of rotatable bonds is 3. The van der Waals surface area contributed by atoms with Crippen LogP contribution in [0.3, 0.4) is 0 Å². The molecule has 0 unspecified atom stereocenters. The lowest BCUT2D eigenvalue weighted by Gasteiger charge is -2.15. The molecule has 1 aromatic rings. The third-order valence-electron chi connectivity index (χ3n) is 3.44. The molecule has 0 bridgehead atoms. The molecule has 1 amide bonds. The van der Waals surface area contributed by atoms with Crippen molar-refractivity contribution in [3.8, 4) is 0 Å². The van der Waals surface area contributed by atoms with Crippen LogP contribution in [0.25, 0.3) is 0 Å². The van der Waals surface area contributed by atoms with Crippen molar-refractivity contribution in [2.24, 2.45) is 5.92 Å². The van der Waals surface area contributed by atoms with Crippen LogP contribution in [0.4, 0.5) is 5.69 Å². The van der Waals surface area contributed by atoms with E-state index in [-0.39, 0.29) is 17.4 Å². The van der Waals surface area contributed by atoms with Gasteiger partial charge in [-0.05, 0) is 24.0 Å². The summed E-state index contributed by atoms with van der Waals surface area (Å²) in [6, 6.07) is 7.64. The number of carbonyl (C=O) groups is 1. The topological polar surface area (TPSA) is 63.2 Å². The number of para-hydroxylation sites is 1. The average Bonchev–Trinajstić information content (AvgIpc) is 2.70. The molecule has 0 aliphatic carbocycles. The fourth-order valence-corrected chi connectivity index (χ4v) is 4.09. The van der Waals surface area contributed by atoms with Gasteiger partial charge in [0.05, 0.1) is 17.4 Å². The maximum Gasteiger partial charge on any atom is 0.228 e. The zero-order chi connectivity index (χ0) is 14.0. The zero-order valence-electron chi connectivity index (χ0n) is 11.2. The minimum atomic E-state index is -3.02. The number of benzene rings is 1. The molecular formula is C14H19NO3S. The van der Waals surface area contributed by atoms with E-state index in [9.17, 15) is 13.2 Å². The van der Waals surface area contributed by atoms with Crippen LogP contribution < -0.4 is 5.32 Å². The van der Waals surface area contributed by atoms with E-state index in [1.807, 2.05) is 24.3 Å². The van der Waals surface area contributed by atoms with E-state index in [2.05, 4.69) is 19.2 Å². The van der Waals surface area contributed by atoms with Crippen molar-refractivity contribution in [2.45, 2.75) is 26.2 Å². The first-order valence-corrected chi connectivity index (χ1v) is 8.31. The lowest BCUT2D eigenvalue weighted by molar-refractivity contribution is -0.119. The minimum absolute atomic E-state index is 0.0251. The van der Waals surface area contributed by atoms with E-state index in [1.165, 1.54) is 0 Å². The first-order chi connectivity index (χ1) is 8.89. The Balaban J connectivity index is 2.12. The molecular weight excluding hydrogens is 262 g/mol. The molecule has 2 rings (SSSR count). The highest BCUT2D eigenvalue weighted by Crippen LogP contribution is 2.26. The van der Waals surface area contributed by atoms with Gasteiger partial charge in [0.2, 0.25) is 5.91 Å². The Morgan fingerprint density at radius 3 is 2.58 bits per heavy atom. The first kappa shape index (κ1) is 14.1. The van der Waals surface area contributed by atoms with Crippen molar-refractivity contribution in [3.63, 3.8) is 0 Å². The molecule has 0 aromatic heterocycles. The summed E-state index contributed by atoms with van der Waals surface area (Å²) < 4.78 is 22.8. The third-order valence-corrected chi connectivity index (χ3v) is 5.21. The highest BCUT2D eigenvalue weighted by atomic mass is 32.2. The highest BCUT2D eigenvalue weighted by Gasteiger charge is 2.33. The number of sulfone groups is 1. The van der Waals surface area contributed by atoms with Crippen LogP contribution in [0.15, 0.2) is 24.3 Å². The van der Waals surface area contributed by atoms with Gasteiger partial charge in [0.25, 0.3) is 0 Å². The molecule has 1 aliphatic heterocycles. The van der Waals surface area contributed by atoms with Crippen LogP contribution >= 0.6 is 0 Å². The Morgan fingerprint density at radius 1 is 1.32 bits per heavy atom. The summed E-state index contributed by atoms with van der Waals surface area (Å²) in [7, 11) is -3.02. The van der Waals surface area contributed by atoms with Crippen LogP contribution in [-0.2, 0) is 14.6 Å². The summed E-state index contributed by atoms with van der Waals surface area (Å²) in [5.74, 6) is -0.192. The number of amides is 1. The lowest BCUT2D eigenvalue weighted by Crippen LogP contribution is -2.24. The molecule has 1 aliphatic rings. The van der Waals surface area contributed by atoms with E-state index in [4.69, 9.17) is 0 Å². The van der Waals surface area contributed by atoms with Crippen LogP contribution in [0.1, 0.15) is 31.7 Å². The van der Waals surface area contributed by atoms with Gasteiger partial charge in [-0.2, -0.15) is 0 Å². The van der Waals surface area contributed by atoms with Gasteiger partial charge >= 0.3 is 0 Å². The average molecular weight is 281 g/mol. The van der Waals surface area contributed by atoms with Crippen molar-refractivity contribution in [1.29, 1.82) is 0 Å². The normalized spacial score (nSPS) is 21.5. The zero-order valence-corrected chi connectivity index (χ0v) is 12.0.